The Labute approximate surface area is 99.5 Å². The molecule has 2 rings (SSSR count). The number of aryl methyl sites for hydroxylation is 2. The summed E-state index contributed by atoms with van der Waals surface area (Å²) in [6.07, 6.45) is 2.67. The van der Waals surface area contributed by atoms with Crippen molar-refractivity contribution in [2.75, 3.05) is 6.54 Å². The fourth-order valence-corrected chi connectivity index (χ4v) is 3.07. The van der Waals surface area contributed by atoms with E-state index in [9.17, 15) is 0 Å². The maximum absolute atomic E-state index is 2.65. The van der Waals surface area contributed by atoms with Crippen molar-refractivity contribution in [1.82, 2.24) is 4.90 Å². The molecule has 0 bridgehead atoms. The van der Waals surface area contributed by atoms with Gasteiger partial charge in [-0.15, -0.1) is 0 Å². The Morgan fingerprint density at radius 2 is 1.81 bits per heavy atom. The number of rotatable bonds is 2. The van der Waals surface area contributed by atoms with Crippen molar-refractivity contribution >= 4 is 0 Å². The minimum Gasteiger partial charge on any atom is -0.294 e. The van der Waals surface area contributed by atoms with Crippen molar-refractivity contribution < 1.29 is 0 Å². The normalized spacial score (nSPS) is 21.9. The number of benzene rings is 1. The smallest absolute Gasteiger partial charge is 0.0356 e. The maximum Gasteiger partial charge on any atom is 0.0356 e. The van der Waals surface area contributed by atoms with E-state index < -0.39 is 0 Å². The van der Waals surface area contributed by atoms with Crippen LogP contribution in [0.2, 0.25) is 0 Å². The zero-order valence-electron chi connectivity index (χ0n) is 11.0. The van der Waals surface area contributed by atoms with E-state index in [2.05, 4.69) is 50.8 Å². The third-order valence-corrected chi connectivity index (χ3v) is 3.83. The van der Waals surface area contributed by atoms with Gasteiger partial charge in [0, 0.05) is 12.1 Å². The van der Waals surface area contributed by atoms with E-state index in [1.54, 1.807) is 5.56 Å². The van der Waals surface area contributed by atoms with E-state index in [0.29, 0.717) is 12.1 Å². The second-order valence-corrected chi connectivity index (χ2v) is 5.30. The summed E-state index contributed by atoms with van der Waals surface area (Å²) in [6, 6.07) is 7.98. The molecule has 1 nitrogen and oxygen atoms in total. The summed E-state index contributed by atoms with van der Waals surface area (Å²) in [7, 11) is 0. The van der Waals surface area contributed by atoms with Crippen molar-refractivity contribution in [3.05, 3.63) is 34.9 Å². The second kappa shape index (κ2) is 4.58. The van der Waals surface area contributed by atoms with Gasteiger partial charge in [-0.1, -0.05) is 18.2 Å². The van der Waals surface area contributed by atoms with Crippen LogP contribution < -0.4 is 0 Å². The zero-order chi connectivity index (χ0) is 11.7. The molecule has 1 aliphatic rings. The second-order valence-electron chi connectivity index (χ2n) is 5.30. The van der Waals surface area contributed by atoms with E-state index in [1.165, 1.54) is 30.5 Å². The van der Waals surface area contributed by atoms with Crippen LogP contribution in [0.1, 0.15) is 49.4 Å². The van der Waals surface area contributed by atoms with Crippen molar-refractivity contribution in [2.24, 2.45) is 0 Å². The van der Waals surface area contributed by atoms with Crippen LogP contribution in [0.15, 0.2) is 18.2 Å². The summed E-state index contributed by atoms with van der Waals surface area (Å²) in [6.45, 7) is 10.4. The summed E-state index contributed by atoms with van der Waals surface area (Å²) >= 11 is 0. The minimum absolute atomic E-state index is 0.654. The first kappa shape index (κ1) is 11.7. The molecule has 1 fully saturated rings. The summed E-state index contributed by atoms with van der Waals surface area (Å²) in [5.74, 6) is 0. The van der Waals surface area contributed by atoms with Gasteiger partial charge in [-0.25, -0.2) is 0 Å². The lowest BCUT2D eigenvalue weighted by Gasteiger charge is -2.30. The molecule has 1 unspecified atom stereocenters. The van der Waals surface area contributed by atoms with Gasteiger partial charge in [-0.2, -0.15) is 0 Å². The first-order chi connectivity index (χ1) is 7.61. The molecular weight excluding hydrogens is 194 g/mol. The van der Waals surface area contributed by atoms with Gasteiger partial charge in [0.1, 0.15) is 0 Å². The Balaban J connectivity index is 2.36. The molecule has 1 heteroatoms. The van der Waals surface area contributed by atoms with Crippen molar-refractivity contribution in [3.8, 4) is 0 Å². The first-order valence-corrected chi connectivity index (χ1v) is 6.43. The third-order valence-electron chi connectivity index (χ3n) is 3.83. The summed E-state index contributed by atoms with van der Waals surface area (Å²) < 4.78 is 0. The van der Waals surface area contributed by atoms with E-state index in [-0.39, 0.29) is 0 Å². The lowest BCUT2D eigenvalue weighted by molar-refractivity contribution is 0.204. The van der Waals surface area contributed by atoms with Crippen molar-refractivity contribution in [3.63, 3.8) is 0 Å². The predicted molar refractivity (Wildman–Crippen MR) is 69.7 cm³/mol. The number of nitrogens with zero attached hydrogens (tertiary/aromatic N) is 1. The highest BCUT2D eigenvalue weighted by atomic mass is 15.2. The molecule has 0 radical (unpaired) electrons. The molecule has 1 heterocycles. The Kier molecular flexibility index (Phi) is 3.34. The molecule has 0 saturated carbocycles. The average Bonchev–Trinajstić information content (AvgIpc) is 2.66. The number of likely N-dealkylation sites (tertiary alicyclic amines) is 1. The summed E-state index contributed by atoms with van der Waals surface area (Å²) in [5.41, 5.74) is 4.49. The largest absolute Gasteiger partial charge is 0.294 e. The predicted octanol–water partition coefficient (Wildman–Crippen LogP) is 3.85. The molecule has 1 saturated heterocycles. The lowest BCUT2D eigenvalue weighted by atomic mass is 9.94. The number of hydrogen-bond acceptors (Lipinski definition) is 1. The standard InChI is InChI=1S/C15H23N/c1-11(2)16-10-6-9-14(16)15-12(3)7-5-8-13(15)4/h5,7-8,11,14H,6,9-10H2,1-4H3. The van der Waals surface area contributed by atoms with Gasteiger partial charge in [0.15, 0.2) is 0 Å². The highest BCUT2D eigenvalue weighted by molar-refractivity contribution is 5.36. The van der Waals surface area contributed by atoms with Gasteiger partial charge < -0.3 is 0 Å². The highest BCUT2D eigenvalue weighted by Crippen LogP contribution is 2.36. The fourth-order valence-electron chi connectivity index (χ4n) is 3.07. The monoisotopic (exact) mass is 217 g/mol. The van der Waals surface area contributed by atoms with Crippen LogP contribution in [0.3, 0.4) is 0 Å². The molecule has 1 aromatic carbocycles. The van der Waals surface area contributed by atoms with Gasteiger partial charge in [-0.05, 0) is 63.8 Å². The molecule has 0 spiro atoms. The van der Waals surface area contributed by atoms with Crippen LogP contribution in [-0.4, -0.2) is 17.5 Å². The van der Waals surface area contributed by atoms with Gasteiger partial charge in [0.2, 0.25) is 0 Å². The van der Waals surface area contributed by atoms with E-state index in [1.807, 2.05) is 0 Å². The van der Waals surface area contributed by atoms with Gasteiger partial charge >= 0.3 is 0 Å². The number of hydrogen-bond donors (Lipinski definition) is 0. The average molecular weight is 217 g/mol. The Morgan fingerprint density at radius 1 is 1.19 bits per heavy atom. The maximum atomic E-state index is 2.65. The molecule has 1 aliphatic heterocycles. The van der Waals surface area contributed by atoms with E-state index in [4.69, 9.17) is 0 Å². The molecule has 1 atom stereocenters. The van der Waals surface area contributed by atoms with Crippen molar-refractivity contribution in [2.45, 2.75) is 52.6 Å². The van der Waals surface area contributed by atoms with Crippen LogP contribution in [0.25, 0.3) is 0 Å². The SMILES string of the molecule is Cc1cccc(C)c1C1CCCN1C(C)C. The lowest BCUT2D eigenvalue weighted by Crippen LogP contribution is -2.30. The van der Waals surface area contributed by atoms with Crippen LogP contribution in [0.4, 0.5) is 0 Å². The van der Waals surface area contributed by atoms with Crippen LogP contribution >= 0.6 is 0 Å². The summed E-state index contributed by atoms with van der Waals surface area (Å²) in [5, 5.41) is 0. The quantitative estimate of drug-likeness (QED) is 0.727. The zero-order valence-corrected chi connectivity index (χ0v) is 11.0. The highest BCUT2D eigenvalue weighted by Gasteiger charge is 2.29. The van der Waals surface area contributed by atoms with Crippen molar-refractivity contribution in [1.29, 1.82) is 0 Å². The molecular formula is C15H23N. The molecule has 88 valence electrons. The minimum atomic E-state index is 0.654. The van der Waals surface area contributed by atoms with Gasteiger partial charge in [0.05, 0.1) is 0 Å². The first-order valence-electron chi connectivity index (χ1n) is 6.43. The summed E-state index contributed by atoms with van der Waals surface area (Å²) in [4.78, 5) is 2.65. The van der Waals surface area contributed by atoms with Crippen LogP contribution in [0, 0.1) is 13.8 Å². The van der Waals surface area contributed by atoms with Gasteiger partial charge in [-0.3, -0.25) is 4.90 Å². The Morgan fingerprint density at radius 3 is 2.38 bits per heavy atom. The topological polar surface area (TPSA) is 3.24 Å². The third kappa shape index (κ3) is 2.01. The Hall–Kier alpha value is -0.820. The molecule has 0 aromatic heterocycles. The fraction of sp³-hybridized carbons (Fsp3) is 0.600. The van der Waals surface area contributed by atoms with E-state index in [0.717, 1.165) is 0 Å². The molecule has 0 amide bonds. The van der Waals surface area contributed by atoms with Gasteiger partial charge in [0.25, 0.3) is 0 Å². The molecule has 1 aromatic rings. The van der Waals surface area contributed by atoms with E-state index >= 15 is 0 Å². The van der Waals surface area contributed by atoms with Crippen LogP contribution in [-0.2, 0) is 0 Å². The molecule has 0 aliphatic carbocycles. The molecule has 16 heavy (non-hydrogen) atoms. The molecule has 0 N–H and O–H groups in total. The van der Waals surface area contributed by atoms with Crippen LogP contribution in [0.5, 0.6) is 0 Å². The Bertz CT molecular complexity index is 347.